The minimum atomic E-state index is -0.197. The summed E-state index contributed by atoms with van der Waals surface area (Å²) in [7, 11) is 0. The van der Waals surface area contributed by atoms with Crippen LogP contribution in [0, 0.1) is 6.92 Å². The average molecular weight is 414 g/mol. The summed E-state index contributed by atoms with van der Waals surface area (Å²) in [6.07, 6.45) is 3.96. The Morgan fingerprint density at radius 2 is 1.77 bits per heavy atom. The van der Waals surface area contributed by atoms with E-state index in [4.69, 9.17) is 4.98 Å². The highest BCUT2D eigenvalue weighted by Gasteiger charge is 2.35. The molecule has 2 aliphatic rings. The Hall–Kier alpha value is -3.34. The topological polar surface area (TPSA) is 65.5 Å². The Morgan fingerprint density at radius 3 is 2.52 bits per heavy atom. The zero-order valence-electron chi connectivity index (χ0n) is 17.7. The van der Waals surface area contributed by atoms with Crippen LogP contribution in [0.1, 0.15) is 31.2 Å². The van der Waals surface area contributed by atoms with E-state index >= 15 is 0 Å². The number of para-hydroxylation sites is 1. The molecular formula is C26H27N3O2. The van der Waals surface area contributed by atoms with Crippen LogP contribution in [0.5, 0.6) is 5.75 Å². The summed E-state index contributed by atoms with van der Waals surface area (Å²) in [5.41, 5.74) is 4.74. The fraction of sp³-hybridized carbons (Fsp3) is 0.308. The van der Waals surface area contributed by atoms with Crippen molar-refractivity contribution in [2.75, 3.05) is 11.4 Å². The summed E-state index contributed by atoms with van der Waals surface area (Å²) in [5.74, 6) is 1.09. The molecule has 2 aromatic carbocycles. The summed E-state index contributed by atoms with van der Waals surface area (Å²) < 4.78 is 0. The van der Waals surface area contributed by atoms with Crippen LogP contribution < -0.4 is 10.2 Å². The SMILES string of the molecule is Cc1ccccc1-c1cc(-c2ccccc2O)nc(N2CCC[C@H]2C(=O)NC2CC2)c1. The van der Waals surface area contributed by atoms with Gasteiger partial charge < -0.3 is 15.3 Å². The maximum atomic E-state index is 12.9. The minimum Gasteiger partial charge on any atom is -0.507 e. The first kappa shape index (κ1) is 19.6. The maximum absolute atomic E-state index is 12.9. The van der Waals surface area contributed by atoms with E-state index in [0.29, 0.717) is 17.3 Å². The molecule has 1 saturated heterocycles. The lowest BCUT2D eigenvalue weighted by molar-refractivity contribution is -0.122. The number of aromatic hydroxyl groups is 1. The molecule has 2 heterocycles. The highest BCUT2D eigenvalue weighted by atomic mass is 16.3. The van der Waals surface area contributed by atoms with Gasteiger partial charge in [-0.15, -0.1) is 0 Å². The monoisotopic (exact) mass is 413 g/mol. The Morgan fingerprint density at radius 1 is 1.03 bits per heavy atom. The summed E-state index contributed by atoms with van der Waals surface area (Å²) in [6.45, 7) is 2.89. The van der Waals surface area contributed by atoms with Gasteiger partial charge in [0.15, 0.2) is 0 Å². The van der Waals surface area contributed by atoms with E-state index in [1.54, 1.807) is 6.07 Å². The predicted octanol–water partition coefficient (Wildman–Crippen LogP) is 4.68. The van der Waals surface area contributed by atoms with Gasteiger partial charge >= 0.3 is 0 Å². The van der Waals surface area contributed by atoms with Crippen LogP contribution in [0.25, 0.3) is 22.4 Å². The molecule has 5 nitrogen and oxygen atoms in total. The standard InChI is InChI=1S/C26H27N3O2/c1-17-7-2-3-8-20(17)18-15-22(21-9-4-5-11-24(21)30)28-25(16-18)29-14-6-10-23(29)26(31)27-19-12-13-19/h2-5,7-9,11,15-16,19,23,30H,6,10,12-14H2,1H3,(H,27,31)/t23-/m0/s1. The molecule has 2 fully saturated rings. The summed E-state index contributed by atoms with van der Waals surface area (Å²) in [6, 6.07) is 19.8. The molecule has 2 N–H and O–H groups in total. The number of carbonyl (C=O) groups excluding carboxylic acids is 1. The number of hydrogen-bond donors (Lipinski definition) is 2. The number of amides is 1. The lowest BCUT2D eigenvalue weighted by Crippen LogP contribution is -2.44. The molecule has 5 heteroatoms. The molecule has 0 bridgehead atoms. The minimum absolute atomic E-state index is 0.104. The highest BCUT2D eigenvalue weighted by molar-refractivity contribution is 5.87. The Labute approximate surface area is 182 Å². The zero-order chi connectivity index (χ0) is 21.4. The maximum Gasteiger partial charge on any atom is 0.242 e. The zero-order valence-corrected chi connectivity index (χ0v) is 17.7. The number of hydrogen-bond acceptors (Lipinski definition) is 4. The van der Waals surface area contributed by atoms with Crippen molar-refractivity contribution in [3.05, 3.63) is 66.2 Å². The Balaban J connectivity index is 1.60. The second-order valence-electron chi connectivity index (χ2n) is 8.57. The number of phenols is 1. The summed E-state index contributed by atoms with van der Waals surface area (Å²) in [5, 5.41) is 13.6. The fourth-order valence-corrected chi connectivity index (χ4v) is 4.38. The van der Waals surface area contributed by atoms with Crippen molar-refractivity contribution in [1.29, 1.82) is 0 Å². The van der Waals surface area contributed by atoms with Crippen molar-refractivity contribution in [1.82, 2.24) is 10.3 Å². The van der Waals surface area contributed by atoms with E-state index in [1.165, 1.54) is 5.56 Å². The van der Waals surface area contributed by atoms with Gasteiger partial charge in [-0.05, 0) is 73.6 Å². The quantitative estimate of drug-likeness (QED) is 0.638. The molecule has 1 saturated carbocycles. The number of pyridine rings is 1. The lowest BCUT2D eigenvalue weighted by atomic mass is 9.99. The van der Waals surface area contributed by atoms with Crippen LogP contribution in [0.15, 0.2) is 60.7 Å². The van der Waals surface area contributed by atoms with Gasteiger partial charge in [-0.1, -0.05) is 36.4 Å². The number of benzene rings is 2. The van der Waals surface area contributed by atoms with Gasteiger partial charge in [0.25, 0.3) is 0 Å². The third kappa shape index (κ3) is 4.00. The molecule has 31 heavy (non-hydrogen) atoms. The van der Waals surface area contributed by atoms with E-state index in [9.17, 15) is 9.90 Å². The first-order valence-electron chi connectivity index (χ1n) is 11.0. The van der Waals surface area contributed by atoms with Crippen LogP contribution in [-0.2, 0) is 4.79 Å². The van der Waals surface area contributed by atoms with Crippen LogP contribution in [-0.4, -0.2) is 34.6 Å². The number of nitrogens with zero attached hydrogens (tertiary/aromatic N) is 2. The molecular weight excluding hydrogens is 386 g/mol. The molecule has 1 atom stereocenters. The number of aryl methyl sites for hydroxylation is 1. The molecule has 0 unspecified atom stereocenters. The highest BCUT2D eigenvalue weighted by Crippen LogP contribution is 2.36. The Bertz CT molecular complexity index is 1060. The molecule has 1 aliphatic heterocycles. The molecule has 1 aliphatic carbocycles. The number of carbonyl (C=O) groups is 1. The first-order chi connectivity index (χ1) is 15.1. The third-order valence-corrected chi connectivity index (χ3v) is 6.22. The van der Waals surface area contributed by atoms with Gasteiger partial charge in [0.1, 0.15) is 17.6 Å². The number of phenolic OH excluding ortho intramolecular Hbond substituents is 1. The van der Waals surface area contributed by atoms with Gasteiger partial charge in [-0.3, -0.25) is 4.79 Å². The first-order valence-corrected chi connectivity index (χ1v) is 11.0. The molecule has 158 valence electrons. The van der Waals surface area contributed by atoms with Crippen molar-refractivity contribution in [2.45, 2.75) is 44.7 Å². The summed E-state index contributed by atoms with van der Waals surface area (Å²) >= 11 is 0. The number of aromatic nitrogens is 1. The molecule has 1 aromatic heterocycles. The van der Waals surface area contributed by atoms with Crippen LogP contribution >= 0.6 is 0 Å². The van der Waals surface area contributed by atoms with Crippen molar-refractivity contribution in [3.63, 3.8) is 0 Å². The van der Waals surface area contributed by atoms with Crippen LogP contribution in [0.4, 0.5) is 5.82 Å². The number of anilines is 1. The average Bonchev–Trinajstić information content (AvgIpc) is 3.45. The Kier molecular flexibility index (Phi) is 5.10. The van der Waals surface area contributed by atoms with Crippen molar-refractivity contribution in [2.24, 2.45) is 0 Å². The fourth-order valence-electron chi connectivity index (χ4n) is 4.38. The van der Waals surface area contributed by atoms with Crippen LogP contribution in [0.2, 0.25) is 0 Å². The van der Waals surface area contributed by atoms with Crippen molar-refractivity contribution in [3.8, 4) is 28.1 Å². The van der Waals surface area contributed by atoms with Crippen molar-refractivity contribution < 1.29 is 9.90 Å². The van der Waals surface area contributed by atoms with Gasteiger partial charge in [0.2, 0.25) is 5.91 Å². The van der Waals surface area contributed by atoms with Gasteiger partial charge in [0.05, 0.1) is 5.69 Å². The third-order valence-electron chi connectivity index (χ3n) is 6.22. The number of rotatable bonds is 5. The molecule has 0 radical (unpaired) electrons. The second kappa shape index (κ2) is 8.06. The smallest absolute Gasteiger partial charge is 0.242 e. The lowest BCUT2D eigenvalue weighted by Gasteiger charge is -2.26. The number of nitrogens with one attached hydrogen (secondary N) is 1. The van der Waals surface area contributed by atoms with E-state index in [-0.39, 0.29) is 17.7 Å². The van der Waals surface area contributed by atoms with Gasteiger partial charge in [-0.2, -0.15) is 0 Å². The molecule has 3 aromatic rings. The normalized spacial score (nSPS) is 18.2. The molecule has 5 rings (SSSR count). The van der Waals surface area contributed by atoms with E-state index in [2.05, 4.69) is 35.3 Å². The van der Waals surface area contributed by atoms with Crippen LogP contribution in [0.3, 0.4) is 0 Å². The van der Waals surface area contributed by atoms with E-state index in [1.807, 2.05) is 36.4 Å². The predicted molar refractivity (Wildman–Crippen MR) is 123 cm³/mol. The van der Waals surface area contributed by atoms with Crippen molar-refractivity contribution >= 4 is 11.7 Å². The largest absolute Gasteiger partial charge is 0.507 e. The molecule has 1 amide bonds. The van der Waals surface area contributed by atoms with Gasteiger partial charge in [0, 0.05) is 18.2 Å². The molecule has 0 spiro atoms. The van der Waals surface area contributed by atoms with E-state index < -0.39 is 0 Å². The van der Waals surface area contributed by atoms with E-state index in [0.717, 1.165) is 49.2 Å². The second-order valence-corrected chi connectivity index (χ2v) is 8.57. The van der Waals surface area contributed by atoms with Gasteiger partial charge in [-0.25, -0.2) is 4.98 Å². The summed E-state index contributed by atoms with van der Waals surface area (Å²) in [4.78, 5) is 19.9.